The third-order valence-corrected chi connectivity index (χ3v) is 1.84. The first kappa shape index (κ1) is 13.0. The van der Waals surface area contributed by atoms with E-state index in [4.69, 9.17) is 6.42 Å². The summed E-state index contributed by atoms with van der Waals surface area (Å²) in [5, 5.41) is 2.26. The van der Waals surface area contributed by atoms with Crippen molar-refractivity contribution >= 4 is 34.7 Å². The van der Waals surface area contributed by atoms with E-state index in [1.54, 1.807) is 22.6 Å². The fourth-order valence-corrected chi connectivity index (χ4v) is 0.805. The molecular formula is C8H10INO4. The smallest absolute Gasteiger partial charge is 0.409 e. The van der Waals surface area contributed by atoms with E-state index < -0.39 is 22.2 Å². The number of methoxy groups -OCH3 is 1. The third kappa shape index (κ3) is 4.91. The lowest BCUT2D eigenvalue weighted by Gasteiger charge is -2.12. The number of amides is 1. The Balaban J connectivity index is 3.95. The second-order valence-electron chi connectivity index (χ2n) is 2.28. The van der Waals surface area contributed by atoms with Crippen molar-refractivity contribution in [2.45, 2.75) is 17.1 Å². The number of terminal acetylenes is 1. The van der Waals surface area contributed by atoms with Crippen LogP contribution in [0, 0.1) is 12.3 Å². The highest BCUT2D eigenvalue weighted by molar-refractivity contribution is 14.1. The van der Waals surface area contributed by atoms with Crippen LogP contribution in [0.3, 0.4) is 0 Å². The summed E-state index contributed by atoms with van der Waals surface area (Å²) in [7, 11) is 1.23. The molecular weight excluding hydrogens is 301 g/mol. The number of alkyl halides is 1. The summed E-state index contributed by atoms with van der Waals surface area (Å²) < 4.78 is 8.40. The standard InChI is InChI=1S/C8H10INO4/c1-4-6(9)14-8(12)10-5(2)7(11)13-3/h1,5-6H,2-3H3,(H,10,12)/t5-,6?/m0/s1. The monoisotopic (exact) mass is 311 g/mol. The highest BCUT2D eigenvalue weighted by atomic mass is 127. The van der Waals surface area contributed by atoms with Crippen molar-refractivity contribution in [2.24, 2.45) is 0 Å². The molecule has 0 spiro atoms. The van der Waals surface area contributed by atoms with Crippen molar-refractivity contribution < 1.29 is 19.1 Å². The van der Waals surface area contributed by atoms with Gasteiger partial charge >= 0.3 is 12.1 Å². The first-order valence-corrected chi connectivity index (χ1v) is 4.91. The second-order valence-corrected chi connectivity index (χ2v) is 3.41. The zero-order valence-corrected chi connectivity index (χ0v) is 9.90. The minimum atomic E-state index is -0.756. The topological polar surface area (TPSA) is 64.6 Å². The number of carbonyl (C=O) groups excluding carboxylic acids is 2. The lowest BCUT2D eigenvalue weighted by Crippen LogP contribution is -2.40. The molecule has 0 saturated carbocycles. The van der Waals surface area contributed by atoms with Crippen LogP contribution in [0.2, 0.25) is 0 Å². The van der Waals surface area contributed by atoms with Gasteiger partial charge in [0, 0.05) is 0 Å². The van der Waals surface area contributed by atoms with Crippen molar-refractivity contribution in [1.29, 1.82) is 0 Å². The molecule has 78 valence electrons. The zero-order chi connectivity index (χ0) is 11.1. The number of hydrogen-bond acceptors (Lipinski definition) is 4. The summed E-state index contributed by atoms with van der Waals surface area (Å²) in [6, 6.07) is -0.756. The maximum atomic E-state index is 11.0. The number of halogens is 1. The molecule has 0 aromatic carbocycles. The maximum absolute atomic E-state index is 11.0. The van der Waals surface area contributed by atoms with Gasteiger partial charge in [-0.15, -0.1) is 6.42 Å². The number of alkyl carbamates (subject to hydrolysis) is 1. The summed E-state index contributed by atoms with van der Waals surface area (Å²) in [5.74, 6) is 1.65. The Morgan fingerprint density at radius 2 is 2.14 bits per heavy atom. The molecule has 1 amide bonds. The van der Waals surface area contributed by atoms with E-state index in [1.807, 2.05) is 0 Å². The number of rotatable bonds is 3. The summed E-state index contributed by atoms with van der Waals surface area (Å²) in [6.07, 6.45) is 4.23. The van der Waals surface area contributed by atoms with E-state index in [0.29, 0.717) is 0 Å². The van der Waals surface area contributed by atoms with Gasteiger partial charge in [-0.25, -0.2) is 9.59 Å². The van der Waals surface area contributed by atoms with Gasteiger partial charge in [-0.05, 0) is 29.5 Å². The van der Waals surface area contributed by atoms with E-state index >= 15 is 0 Å². The summed E-state index contributed by atoms with van der Waals surface area (Å²) >= 11 is 1.76. The van der Waals surface area contributed by atoms with Gasteiger partial charge in [-0.3, -0.25) is 0 Å². The molecule has 0 aliphatic heterocycles. The fourth-order valence-electron chi connectivity index (χ4n) is 0.574. The molecule has 14 heavy (non-hydrogen) atoms. The maximum Gasteiger partial charge on any atom is 0.409 e. The molecule has 0 aromatic heterocycles. The van der Waals surface area contributed by atoms with Crippen molar-refractivity contribution in [3.63, 3.8) is 0 Å². The lowest BCUT2D eigenvalue weighted by atomic mass is 10.3. The zero-order valence-electron chi connectivity index (χ0n) is 7.74. The van der Waals surface area contributed by atoms with Crippen LogP contribution in [0.5, 0.6) is 0 Å². The highest BCUT2D eigenvalue weighted by Gasteiger charge is 2.17. The molecule has 0 saturated heterocycles. The molecule has 6 heteroatoms. The van der Waals surface area contributed by atoms with Crippen molar-refractivity contribution in [3.05, 3.63) is 0 Å². The van der Waals surface area contributed by atoms with Gasteiger partial charge in [-0.1, -0.05) is 5.92 Å². The van der Waals surface area contributed by atoms with E-state index in [0.717, 1.165) is 0 Å². The van der Waals surface area contributed by atoms with Gasteiger partial charge in [0.15, 0.2) is 0 Å². The average Bonchev–Trinajstić information content (AvgIpc) is 2.15. The Bertz CT molecular complexity index is 261. The van der Waals surface area contributed by atoms with E-state index in [2.05, 4.69) is 20.7 Å². The van der Waals surface area contributed by atoms with Gasteiger partial charge in [-0.2, -0.15) is 0 Å². The summed E-state index contributed by atoms with van der Waals surface area (Å²) in [6.45, 7) is 1.48. The van der Waals surface area contributed by atoms with Crippen LogP contribution in [0.4, 0.5) is 4.79 Å². The SMILES string of the molecule is C#CC(I)OC(=O)N[C@@H](C)C(=O)OC. The molecule has 0 fully saturated rings. The minimum absolute atomic E-state index is 0.548. The fraction of sp³-hybridized carbons (Fsp3) is 0.500. The number of esters is 1. The predicted octanol–water partition coefficient (Wildman–Crippen LogP) is 0.668. The Morgan fingerprint density at radius 1 is 1.57 bits per heavy atom. The number of nitrogens with one attached hydrogen (secondary N) is 1. The van der Waals surface area contributed by atoms with Crippen LogP contribution in [0.25, 0.3) is 0 Å². The van der Waals surface area contributed by atoms with Crippen molar-refractivity contribution in [1.82, 2.24) is 5.32 Å². The number of hydrogen-bond donors (Lipinski definition) is 1. The average molecular weight is 311 g/mol. The van der Waals surface area contributed by atoms with E-state index in [1.165, 1.54) is 14.0 Å². The van der Waals surface area contributed by atoms with Gasteiger partial charge in [0.1, 0.15) is 6.04 Å². The van der Waals surface area contributed by atoms with Gasteiger partial charge < -0.3 is 14.8 Å². The van der Waals surface area contributed by atoms with Gasteiger partial charge in [0.25, 0.3) is 0 Å². The molecule has 5 nitrogen and oxygen atoms in total. The molecule has 0 aliphatic rings. The van der Waals surface area contributed by atoms with E-state index in [9.17, 15) is 9.59 Å². The minimum Gasteiger partial charge on any atom is -0.467 e. The van der Waals surface area contributed by atoms with Crippen LogP contribution in [0.1, 0.15) is 6.92 Å². The Hall–Kier alpha value is -0.970. The van der Waals surface area contributed by atoms with Gasteiger partial charge in [0.2, 0.25) is 4.11 Å². The van der Waals surface area contributed by atoms with Crippen LogP contribution in [-0.4, -0.2) is 29.3 Å². The Labute approximate surface area is 95.7 Å². The largest absolute Gasteiger partial charge is 0.467 e. The third-order valence-electron chi connectivity index (χ3n) is 1.23. The normalized spacial score (nSPS) is 13.3. The van der Waals surface area contributed by atoms with Crippen LogP contribution >= 0.6 is 22.6 Å². The molecule has 0 bridgehead atoms. The molecule has 1 N–H and O–H groups in total. The summed E-state index contributed by atoms with van der Waals surface area (Å²) in [5.41, 5.74) is 0. The molecule has 1 unspecified atom stereocenters. The molecule has 0 aliphatic carbocycles. The van der Waals surface area contributed by atoms with Crippen LogP contribution < -0.4 is 5.32 Å². The molecule has 0 rings (SSSR count). The Morgan fingerprint density at radius 3 is 2.57 bits per heavy atom. The van der Waals surface area contributed by atoms with E-state index in [-0.39, 0.29) is 0 Å². The second kappa shape index (κ2) is 6.48. The lowest BCUT2D eigenvalue weighted by molar-refractivity contribution is -0.142. The van der Waals surface area contributed by atoms with Gasteiger partial charge in [0.05, 0.1) is 7.11 Å². The van der Waals surface area contributed by atoms with Crippen molar-refractivity contribution in [3.8, 4) is 12.3 Å². The van der Waals surface area contributed by atoms with Crippen LogP contribution in [0.15, 0.2) is 0 Å². The number of ether oxygens (including phenoxy) is 2. The molecule has 0 radical (unpaired) electrons. The summed E-state index contributed by atoms with van der Waals surface area (Å²) in [4.78, 5) is 21.9. The molecule has 0 aromatic rings. The molecule has 2 atom stereocenters. The number of carbonyl (C=O) groups is 2. The first-order chi connectivity index (χ1) is 6.51. The predicted molar refractivity (Wildman–Crippen MR) is 57.7 cm³/mol. The highest BCUT2D eigenvalue weighted by Crippen LogP contribution is 2.00. The van der Waals surface area contributed by atoms with Crippen molar-refractivity contribution in [2.75, 3.05) is 7.11 Å². The first-order valence-electron chi connectivity index (χ1n) is 3.66. The molecule has 0 heterocycles. The quantitative estimate of drug-likeness (QED) is 0.360. The van der Waals surface area contributed by atoms with Crippen LogP contribution in [-0.2, 0) is 14.3 Å². The Kier molecular flexibility index (Phi) is 6.03.